The quantitative estimate of drug-likeness (QED) is 0.607. The highest BCUT2D eigenvalue weighted by Crippen LogP contribution is 2.20. The van der Waals surface area contributed by atoms with Crippen LogP contribution >= 0.6 is 0 Å². The van der Waals surface area contributed by atoms with Crippen LogP contribution in [0.5, 0.6) is 0 Å². The number of hydrogen-bond donors (Lipinski definition) is 1. The summed E-state index contributed by atoms with van der Waals surface area (Å²) < 4.78 is 1.26. The maximum Gasteiger partial charge on any atom is 0.269 e. The Morgan fingerprint density at radius 3 is 2.66 bits per heavy atom. The number of fused-ring (bicyclic) bond motifs is 1. The standard InChI is InChI=1S/C17H14N8O4/c1-9-7-13(19-15(26)10-3-5-11(6-4-10)25(28)29)24(22-9)17-20-14-12(16(27)21-17)8-18-23(14)2/h3-8,12H,1-2H3,(H,19,26). The molecule has 0 fully saturated rings. The Labute approximate surface area is 163 Å². The minimum atomic E-state index is -0.626. The summed E-state index contributed by atoms with van der Waals surface area (Å²) in [7, 11) is 1.66. The zero-order valence-electron chi connectivity index (χ0n) is 15.3. The van der Waals surface area contributed by atoms with Gasteiger partial charge in [-0.3, -0.25) is 24.7 Å². The van der Waals surface area contributed by atoms with Gasteiger partial charge in [-0.1, -0.05) is 0 Å². The number of non-ortho nitro benzene ring substituents is 1. The smallest absolute Gasteiger partial charge is 0.269 e. The summed E-state index contributed by atoms with van der Waals surface area (Å²) >= 11 is 0. The Balaban J connectivity index is 1.62. The van der Waals surface area contributed by atoms with Crippen LogP contribution in [0.15, 0.2) is 45.4 Å². The number of nitrogens with one attached hydrogen (secondary N) is 1. The van der Waals surface area contributed by atoms with Crippen molar-refractivity contribution < 1.29 is 14.5 Å². The summed E-state index contributed by atoms with van der Waals surface area (Å²) in [5, 5.41) is 23.2. The number of hydrogen-bond acceptors (Lipinski definition) is 8. The number of rotatable bonds is 3. The number of amidine groups is 1. The van der Waals surface area contributed by atoms with Gasteiger partial charge in [-0.2, -0.15) is 24.9 Å². The minimum absolute atomic E-state index is 0.00528. The lowest BCUT2D eigenvalue weighted by Crippen LogP contribution is -2.35. The first kappa shape index (κ1) is 18.2. The Kier molecular flexibility index (Phi) is 4.22. The van der Waals surface area contributed by atoms with Gasteiger partial charge in [-0.15, -0.1) is 0 Å². The summed E-state index contributed by atoms with van der Waals surface area (Å²) in [4.78, 5) is 43.3. The molecule has 2 amide bonds. The molecule has 2 aromatic rings. The van der Waals surface area contributed by atoms with Crippen molar-refractivity contribution in [2.24, 2.45) is 21.0 Å². The summed E-state index contributed by atoms with van der Waals surface area (Å²) in [6.45, 7) is 1.71. The van der Waals surface area contributed by atoms with Gasteiger partial charge in [0.2, 0.25) is 0 Å². The zero-order valence-corrected chi connectivity index (χ0v) is 15.3. The van der Waals surface area contributed by atoms with E-state index in [1.807, 2.05) is 0 Å². The fourth-order valence-corrected chi connectivity index (χ4v) is 2.86. The van der Waals surface area contributed by atoms with E-state index in [-0.39, 0.29) is 23.0 Å². The average Bonchev–Trinajstić information content (AvgIpc) is 3.24. The molecule has 1 unspecified atom stereocenters. The largest absolute Gasteiger partial charge is 0.306 e. The van der Waals surface area contributed by atoms with Gasteiger partial charge < -0.3 is 5.32 Å². The molecule has 2 aliphatic heterocycles. The Morgan fingerprint density at radius 1 is 1.24 bits per heavy atom. The summed E-state index contributed by atoms with van der Waals surface area (Å²) in [5.41, 5.74) is 0.668. The molecule has 0 aliphatic carbocycles. The lowest BCUT2D eigenvalue weighted by Gasteiger charge is -2.17. The van der Waals surface area contributed by atoms with E-state index in [4.69, 9.17) is 0 Å². The van der Waals surface area contributed by atoms with Crippen molar-refractivity contribution in [2.45, 2.75) is 6.92 Å². The minimum Gasteiger partial charge on any atom is -0.306 e. The molecular weight excluding hydrogens is 380 g/mol. The highest BCUT2D eigenvalue weighted by Gasteiger charge is 2.35. The number of carbonyl (C=O) groups is 2. The van der Waals surface area contributed by atoms with Crippen LogP contribution in [-0.4, -0.2) is 56.6 Å². The van der Waals surface area contributed by atoms with Crippen molar-refractivity contribution in [3.05, 3.63) is 51.7 Å². The molecule has 146 valence electrons. The van der Waals surface area contributed by atoms with Crippen LogP contribution in [0, 0.1) is 23.0 Å². The van der Waals surface area contributed by atoms with Crippen LogP contribution in [0.25, 0.3) is 0 Å². The summed E-state index contributed by atoms with van der Waals surface area (Å²) in [6.07, 6.45) is 1.47. The van der Waals surface area contributed by atoms with Gasteiger partial charge in [0.1, 0.15) is 17.6 Å². The number of nitro groups is 1. The molecule has 0 saturated heterocycles. The van der Waals surface area contributed by atoms with Crippen LogP contribution in [-0.2, 0) is 4.79 Å². The number of nitrogens with zero attached hydrogens (tertiary/aromatic N) is 7. The topological polar surface area (TPSA) is 147 Å². The summed E-state index contributed by atoms with van der Waals surface area (Å²) in [5.74, 6) is -0.888. The number of aromatic nitrogens is 2. The molecule has 12 heteroatoms. The Hall–Kier alpha value is -4.22. The number of nitro benzene ring substituents is 1. The predicted molar refractivity (Wildman–Crippen MR) is 103 cm³/mol. The third-order valence-electron chi connectivity index (χ3n) is 4.29. The number of aryl methyl sites for hydroxylation is 1. The van der Waals surface area contributed by atoms with Crippen LogP contribution in [0.2, 0.25) is 0 Å². The fourth-order valence-electron chi connectivity index (χ4n) is 2.86. The molecule has 0 bridgehead atoms. The van der Waals surface area contributed by atoms with Gasteiger partial charge in [-0.05, 0) is 19.1 Å². The van der Waals surface area contributed by atoms with E-state index < -0.39 is 22.7 Å². The lowest BCUT2D eigenvalue weighted by molar-refractivity contribution is -0.384. The SMILES string of the molecule is Cc1cc(NC(=O)c2ccc([N+](=O)[O-])cc2)n(C2=NC(=O)C3C=NN(C)C3=N2)n1. The molecule has 1 N–H and O–H groups in total. The van der Waals surface area contributed by atoms with E-state index in [1.54, 1.807) is 20.0 Å². The van der Waals surface area contributed by atoms with Gasteiger partial charge in [-0.25, -0.2) is 0 Å². The zero-order chi connectivity index (χ0) is 20.7. The van der Waals surface area contributed by atoms with Crippen LogP contribution in [0.3, 0.4) is 0 Å². The molecular formula is C17H14N8O4. The molecule has 4 rings (SSSR count). The molecule has 0 radical (unpaired) electrons. The Morgan fingerprint density at radius 2 is 1.97 bits per heavy atom. The third-order valence-corrected chi connectivity index (χ3v) is 4.29. The second kappa shape index (κ2) is 6.74. The van der Waals surface area contributed by atoms with Crippen LogP contribution < -0.4 is 5.32 Å². The summed E-state index contributed by atoms with van der Waals surface area (Å²) in [6, 6.07) is 6.76. The number of benzene rings is 1. The lowest BCUT2D eigenvalue weighted by atomic mass is 10.1. The van der Waals surface area contributed by atoms with Gasteiger partial charge in [0.05, 0.1) is 10.6 Å². The predicted octanol–water partition coefficient (Wildman–Crippen LogP) is 1.04. The van der Waals surface area contributed by atoms with Crippen molar-refractivity contribution in [1.29, 1.82) is 0 Å². The van der Waals surface area contributed by atoms with Crippen molar-refractivity contribution in [1.82, 2.24) is 14.8 Å². The fraction of sp³-hybridized carbons (Fsp3) is 0.176. The molecule has 3 heterocycles. The molecule has 1 atom stereocenters. The van der Waals surface area contributed by atoms with Crippen LogP contribution in [0.4, 0.5) is 11.5 Å². The highest BCUT2D eigenvalue weighted by atomic mass is 16.6. The average molecular weight is 394 g/mol. The number of hydrazone groups is 1. The maximum atomic E-state index is 12.5. The molecule has 0 saturated carbocycles. The van der Waals surface area contributed by atoms with Crippen molar-refractivity contribution >= 4 is 41.3 Å². The van der Waals surface area contributed by atoms with Gasteiger partial charge in [0, 0.05) is 37.0 Å². The molecule has 29 heavy (non-hydrogen) atoms. The molecule has 2 aliphatic rings. The van der Waals surface area contributed by atoms with E-state index in [0.717, 1.165) is 0 Å². The number of aliphatic imine (C=N–C) groups is 2. The highest BCUT2D eigenvalue weighted by molar-refractivity contribution is 6.24. The van der Waals surface area contributed by atoms with E-state index in [2.05, 4.69) is 25.5 Å². The maximum absolute atomic E-state index is 12.5. The molecule has 1 aromatic heterocycles. The first-order valence-corrected chi connectivity index (χ1v) is 8.45. The monoisotopic (exact) mass is 394 g/mol. The van der Waals surface area contributed by atoms with Crippen molar-refractivity contribution in [3.8, 4) is 0 Å². The van der Waals surface area contributed by atoms with E-state index in [9.17, 15) is 19.7 Å². The molecule has 1 aromatic carbocycles. The normalized spacial score (nSPS) is 17.7. The van der Waals surface area contributed by atoms with Gasteiger partial charge in [0.25, 0.3) is 23.5 Å². The van der Waals surface area contributed by atoms with E-state index in [0.29, 0.717) is 11.5 Å². The Bertz CT molecular complexity index is 1130. The number of carbonyl (C=O) groups excluding carboxylic acids is 2. The van der Waals surface area contributed by atoms with E-state index >= 15 is 0 Å². The van der Waals surface area contributed by atoms with Crippen molar-refractivity contribution in [2.75, 3.05) is 12.4 Å². The second-order valence-corrected chi connectivity index (χ2v) is 6.33. The van der Waals surface area contributed by atoms with Gasteiger partial charge in [0.15, 0.2) is 0 Å². The van der Waals surface area contributed by atoms with Crippen LogP contribution in [0.1, 0.15) is 16.1 Å². The number of anilines is 1. The molecule has 12 nitrogen and oxygen atoms in total. The number of amides is 2. The van der Waals surface area contributed by atoms with Crippen molar-refractivity contribution in [3.63, 3.8) is 0 Å². The van der Waals surface area contributed by atoms with E-state index in [1.165, 1.54) is 40.2 Å². The first-order chi connectivity index (χ1) is 13.8. The second-order valence-electron chi connectivity index (χ2n) is 6.33. The first-order valence-electron chi connectivity index (χ1n) is 8.45. The molecule has 0 spiro atoms. The van der Waals surface area contributed by atoms with Gasteiger partial charge >= 0.3 is 0 Å². The third kappa shape index (κ3) is 3.26.